The number of hydrogen-bond acceptors (Lipinski definition) is 2. The van der Waals surface area contributed by atoms with E-state index in [1.807, 2.05) is 32.9 Å². The first-order valence-electron chi connectivity index (χ1n) is 5.31. The topological polar surface area (TPSA) is 52.3 Å². The number of aryl methyl sites for hydroxylation is 3. The van der Waals surface area contributed by atoms with Crippen molar-refractivity contribution in [2.75, 3.05) is 0 Å². The highest BCUT2D eigenvalue weighted by Gasteiger charge is 2.28. The number of amides is 1. The normalized spacial score (nSPS) is 11.3. The van der Waals surface area contributed by atoms with Crippen LogP contribution in [0.2, 0.25) is 0 Å². The van der Waals surface area contributed by atoms with Crippen LogP contribution in [0.25, 0.3) is 0 Å². The maximum atomic E-state index is 11.2. The van der Waals surface area contributed by atoms with Gasteiger partial charge < -0.3 is 10.5 Å². The lowest BCUT2D eigenvalue weighted by Crippen LogP contribution is -2.43. The van der Waals surface area contributed by atoms with E-state index in [0.717, 1.165) is 16.9 Å². The molecule has 0 radical (unpaired) electrons. The van der Waals surface area contributed by atoms with Gasteiger partial charge in [-0.1, -0.05) is 17.7 Å². The van der Waals surface area contributed by atoms with E-state index in [1.165, 1.54) is 5.56 Å². The van der Waals surface area contributed by atoms with Crippen molar-refractivity contribution in [2.45, 2.75) is 40.2 Å². The molecule has 0 atom stereocenters. The highest BCUT2D eigenvalue weighted by molar-refractivity contribution is 5.83. The second-order valence-electron chi connectivity index (χ2n) is 4.70. The van der Waals surface area contributed by atoms with Gasteiger partial charge in [-0.15, -0.1) is 0 Å². The lowest BCUT2D eigenvalue weighted by atomic mass is 10.0. The lowest BCUT2D eigenvalue weighted by Gasteiger charge is -2.25. The molecule has 0 saturated carbocycles. The van der Waals surface area contributed by atoms with Gasteiger partial charge in [0.05, 0.1) is 0 Å². The summed E-state index contributed by atoms with van der Waals surface area (Å²) in [6.07, 6.45) is 0. The van der Waals surface area contributed by atoms with Crippen LogP contribution in [0.1, 0.15) is 30.5 Å². The summed E-state index contributed by atoms with van der Waals surface area (Å²) in [6.45, 7) is 9.31. The first-order valence-corrected chi connectivity index (χ1v) is 5.31. The van der Waals surface area contributed by atoms with Crippen LogP contribution in [0.15, 0.2) is 12.1 Å². The molecule has 0 unspecified atom stereocenters. The summed E-state index contributed by atoms with van der Waals surface area (Å²) in [7, 11) is 0. The zero-order valence-electron chi connectivity index (χ0n) is 10.5. The van der Waals surface area contributed by atoms with Gasteiger partial charge in [0, 0.05) is 0 Å². The van der Waals surface area contributed by atoms with Crippen molar-refractivity contribution in [2.24, 2.45) is 5.73 Å². The Labute approximate surface area is 96.6 Å². The summed E-state index contributed by atoms with van der Waals surface area (Å²) in [6, 6.07) is 4.05. The van der Waals surface area contributed by atoms with Crippen LogP contribution in [0.4, 0.5) is 0 Å². The molecule has 1 aromatic rings. The molecule has 1 amide bonds. The second kappa shape index (κ2) is 4.16. The summed E-state index contributed by atoms with van der Waals surface area (Å²) in [5.41, 5.74) is 7.52. The molecular weight excluding hydrogens is 202 g/mol. The molecule has 0 bridgehead atoms. The van der Waals surface area contributed by atoms with Crippen LogP contribution in [-0.4, -0.2) is 11.5 Å². The summed E-state index contributed by atoms with van der Waals surface area (Å²) in [4.78, 5) is 11.2. The van der Waals surface area contributed by atoms with Gasteiger partial charge in [0.1, 0.15) is 5.75 Å². The molecule has 0 aliphatic rings. The van der Waals surface area contributed by atoms with Gasteiger partial charge in [0.25, 0.3) is 5.91 Å². The largest absolute Gasteiger partial charge is 0.477 e. The maximum Gasteiger partial charge on any atom is 0.261 e. The summed E-state index contributed by atoms with van der Waals surface area (Å²) < 4.78 is 5.71. The molecule has 3 nitrogen and oxygen atoms in total. The number of carbonyl (C=O) groups excluding carboxylic acids is 1. The van der Waals surface area contributed by atoms with E-state index >= 15 is 0 Å². The van der Waals surface area contributed by atoms with Crippen molar-refractivity contribution < 1.29 is 9.53 Å². The Bertz CT molecular complexity index is 399. The smallest absolute Gasteiger partial charge is 0.261 e. The Morgan fingerprint density at radius 2 is 1.62 bits per heavy atom. The van der Waals surface area contributed by atoms with Gasteiger partial charge in [-0.2, -0.15) is 0 Å². The Morgan fingerprint density at radius 1 is 1.19 bits per heavy atom. The minimum atomic E-state index is -0.981. The fourth-order valence-electron chi connectivity index (χ4n) is 1.63. The molecule has 16 heavy (non-hydrogen) atoms. The van der Waals surface area contributed by atoms with Gasteiger partial charge in [0.2, 0.25) is 0 Å². The quantitative estimate of drug-likeness (QED) is 0.851. The van der Waals surface area contributed by atoms with E-state index in [4.69, 9.17) is 10.5 Å². The average molecular weight is 221 g/mol. The maximum absolute atomic E-state index is 11.2. The third kappa shape index (κ3) is 2.54. The van der Waals surface area contributed by atoms with Gasteiger partial charge in [-0.3, -0.25) is 4.79 Å². The van der Waals surface area contributed by atoms with Crippen LogP contribution in [0, 0.1) is 20.8 Å². The van der Waals surface area contributed by atoms with Gasteiger partial charge in [-0.25, -0.2) is 0 Å². The second-order valence-corrected chi connectivity index (χ2v) is 4.70. The van der Waals surface area contributed by atoms with Crippen LogP contribution in [0.5, 0.6) is 5.75 Å². The van der Waals surface area contributed by atoms with E-state index in [0.29, 0.717) is 0 Å². The van der Waals surface area contributed by atoms with E-state index in [9.17, 15) is 4.79 Å². The van der Waals surface area contributed by atoms with E-state index in [-0.39, 0.29) is 0 Å². The number of nitrogens with two attached hydrogens (primary N) is 1. The molecular formula is C13H19NO2. The van der Waals surface area contributed by atoms with Gasteiger partial charge in [0.15, 0.2) is 5.60 Å². The lowest BCUT2D eigenvalue weighted by molar-refractivity contribution is -0.130. The zero-order valence-corrected chi connectivity index (χ0v) is 10.5. The summed E-state index contributed by atoms with van der Waals surface area (Å²) in [5.74, 6) is 0.279. The van der Waals surface area contributed by atoms with Crippen molar-refractivity contribution in [3.05, 3.63) is 28.8 Å². The Hall–Kier alpha value is -1.51. The Balaban J connectivity index is 3.11. The standard InChI is InChI=1S/C13H19NO2/c1-8-6-9(2)11(10(3)7-8)16-13(4,5)12(14)15/h6-7H,1-5H3,(H2,14,15). The molecule has 0 spiro atoms. The number of benzene rings is 1. The predicted molar refractivity (Wildman–Crippen MR) is 64.6 cm³/mol. The van der Waals surface area contributed by atoms with Crippen LogP contribution in [-0.2, 0) is 4.79 Å². The third-order valence-electron chi connectivity index (χ3n) is 2.56. The van der Waals surface area contributed by atoms with Crippen molar-refractivity contribution in [1.29, 1.82) is 0 Å². The van der Waals surface area contributed by atoms with Gasteiger partial charge >= 0.3 is 0 Å². The monoisotopic (exact) mass is 221 g/mol. The van der Waals surface area contributed by atoms with E-state index in [2.05, 4.69) is 0 Å². The Kier molecular flexibility index (Phi) is 3.27. The molecule has 0 saturated heterocycles. The number of carbonyl (C=O) groups is 1. The van der Waals surface area contributed by atoms with Gasteiger partial charge in [-0.05, 0) is 45.7 Å². The fraction of sp³-hybridized carbons (Fsp3) is 0.462. The number of ether oxygens (including phenoxy) is 1. The summed E-state index contributed by atoms with van der Waals surface area (Å²) in [5, 5.41) is 0. The van der Waals surface area contributed by atoms with Crippen molar-refractivity contribution in [3.8, 4) is 5.75 Å². The average Bonchev–Trinajstić information content (AvgIpc) is 2.11. The highest BCUT2D eigenvalue weighted by Crippen LogP contribution is 2.28. The van der Waals surface area contributed by atoms with E-state index < -0.39 is 11.5 Å². The minimum Gasteiger partial charge on any atom is -0.477 e. The summed E-state index contributed by atoms with van der Waals surface area (Å²) >= 11 is 0. The zero-order chi connectivity index (χ0) is 12.5. The van der Waals surface area contributed by atoms with Crippen LogP contribution in [0.3, 0.4) is 0 Å². The predicted octanol–water partition coefficient (Wildman–Crippen LogP) is 2.25. The Morgan fingerprint density at radius 3 is 2.00 bits per heavy atom. The minimum absolute atomic E-state index is 0.466. The van der Waals surface area contributed by atoms with E-state index in [1.54, 1.807) is 13.8 Å². The molecule has 1 rings (SSSR count). The molecule has 0 aliphatic carbocycles. The van der Waals surface area contributed by atoms with Crippen LogP contribution >= 0.6 is 0 Å². The van der Waals surface area contributed by atoms with Crippen molar-refractivity contribution in [3.63, 3.8) is 0 Å². The molecule has 0 fully saturated rings. The fourth-order valence-corrected chi connectivity index (χ4v) is 1.63. The molecule has 0 aliphatic heterocycles. The van der Waals surface area contributed by atoms with Crippen molar-refractivity contribution in [1.82, 2.24) is 0 Å². The molecule has 1 aromatic carbocycles. The SMILES string of the molecule is Cc1cc(C)c(OC(C)(C)C(N)=O)c(C)c1. The number of primary amides is 1. The molecule has 88 valence electrons. The molecule has 3 heteroatoms. The highest BCUT2D eigenvalue weighted by atomic mass is 16.5. The van der Waals surface area contributed by atoms with Crippen molar-refractivity contribution >= 4 is 5.91 Å². The molecule has 0 heterocycles. The first kappa shape index (κ1) is 12.6. The van der Waals surface area contributed by atoms with Crippen LogP contribution < -0.4 is 10.5 Å². The number of rotatable bonds is 3. The third-order valence-corrected chi connectivity index (χ3v) is 2.56. The number of hydrogen-bond donors (Lipinski definition) is 1. The first-order chi connectivity index (χ1) is 7.24. The molecule has 0 aromatic heterocycles. The molecule has 2 N–H and O–H groups in total.